The molecule has 0 N–H and O–H groups in total. The number of benzene rings is 1. The fraction of sp³-hybridized carbons (Fsp3) is 0.500. The number of amides is 1. The molecule has 0 saturated carbocycles. The second-order valence-electron chi connectivity index (χ2n) is 4.82. The summed E-state index contributed by atoms with van der Waals surface area (Å²) in [6, 6.07) is 6.65. The van der Waals surface area contributed by atoms with E-state index in [9.17, 15) is 9.18 Å². The minimum atomic E-state index is -0.221. The molecule has 1 amide bonds. The Balaban J connectivity index is 2.00. The van der Waals surface area contributed by atoms with Crippen LogP contribution in [-0.2, 0) is 11.2 Å². The van der Waals surface area contributed by atoms with E-state index >= 15 is 0 Å². The Labute approximate surface area is 115 Å². The van der Waals surface area contributed by atoms with Gasteiger partial charge in [-0.2, -0.15) is 0 Å². The second-order valence-corrected chi connectivity index (χ2v) is 5.93. The third kappa shape index (κ3) is 3.10. The van der Waals surface area contributed by atoms with Gasteiger partial charge in [0, 0.05) is 12.6 Å². The van der Waals surface area contributed by atoms with E-state index < -0.39 is 0 Å². The molecule has 1 heterocycles. The summed E-state index contributed by atoms with van der Waals surface area (Å²) in [7, 11) is 0. The van der Waals surface area contributed by atoms with Crippen LogP contribution in [0.25, 0.3) is 0 Å². The van der Waals surface area contributed by atoms with E-state index in [1.807, 2.05) is 11.8 Å². The third-order valence-electron chi connectivity index (χ3n) is 3.38. The van der Waals surface area contributed by atoms with Crippen molar-refractivity contribution in [3.63, 3.8) is 0 Å². The van der Waals surface area contributed by atoms with Crippen LogP contribution in [0.1, 0.15) is 25.3 Å². The monoisotopic (exact) mass is 313 g/mol. The first-order valence-electron chi connectivity index (χ1n) is 6.27. The summed E-state index contributed by atoms with van der Waals surface area (Å²) in [6.45, 7) is 2.87. The second kappa shape index (κ2) is 5.83. The third-order valence-corrected chi connectivity index (χ3v) is 4.23. The highest BCUT2D eigenvalue weighted by Gasteiger charge is 2.29. The van der Waals surface area contributed by atoms with Gasteiger partial charge in [0.05, 0.1) is 4.83 Å². The summed E-state index contributed by atoms with van der Waals surface area (Å²) in [5.41, 5.74) is 1.06. The molecule has 2 nitrogen and oxygen atoms in total. The van der Waals surface area contributed by atoms with E-state index in [2.05, 4.69) is 15.9 Å². The van der Waals surface area contributed by atoms with E-state index in [0.29, 0.717) is 0 Å². The van der Waals surface area contributed by atoms with Crippen LogP contribution in [0.2, 0.25) is 0 Å². The molecule has 4 heteroatoms. The van der Waals surface area contributed by atoms with Gasteiger partial charge in [0.25, 0.3) is 0 Å². The van der Waals surface area contributed by atoms with Crippen LogP contribution in [0, 0.1) is 5.82 Å². The van der Waals surface area contributed by atoms with E-state index in [4.69, 9.17) is 0 Å². The highest BCUT2D eigenvalue weighted by molar-refractivity contribution is 9.10. The van der Waals surface area contributed by atoms with E-state index in [1.165, 1.54) is 12.1 Å². The number of likely N-dealkylation sites (tertiary alicyclic amines) is 1. The van der Waals surface area contributed by atoms with E-state index in [1.54, 1.807) is 12.1 Å². The van der Waals surface area contributed by atoms with Crippen molar-refractivity contribution in [3.05, 3.63) is 35.6 Å². The van der Waals surface area contributed by atoms with Crippen LogP contribution in [0.4, 0.5) is 4.39 Å². The summed E-state index contributed by atoms with van der Waals surface area (Å²) in [6.07, 6.45) is 2.72. The van der Waals surface area contributed by atoms with Crippen molar-refractivity contribution in [2.75, 3.05) is 6.54 Å². The molecular formula is C14H17BrFNO. The molecule has 2 unspecified atom stereocenters. The maximum absolute atomic E-state index is 12.8. The van der Waals surface area contributed by atoms with Crippen LogP contribution in [0.3, 0.4) is 0 Å². The Morgan fingerprint density at radius 2 is 2.11 bits per heavy atom. The minimum absolute atomic E-state index is 0.0399. The molecule has 1 aromatic rings. The summed E-state index contributed by atoms with van der Waals surface area (Å²) in [5.74, 6) is -0.0446. The van der Waals surface area contributed by atoms with Crippen molar-refractivity contribution in [3.8, 4) is 0 Å². The Bertz CT molecular complexity index is 420. The van der Waals surface area contributed by atoms with Gasteiger partial charge in [-0.25, -0.2) is 4.39 Å². The van der Waals surface area contributed by atoms with E-state index in [0.717, 1.165) is 31.4 Å². The number of carbonyl (C=O) groups excluding carboxylic acids is 1. The van der Waals surface area contributed by atoms with Crippen molar-refractivity contribution in [1.82, 2.24) is 4.90 Å². The zero-order valence-corrected chi connectivity index (χ0v) is 12.0. The van der Waals surface area contributed by atoms with Gasteiger partial charge in [-0.1, -0.05) is 28.1 Å². The highest BCUT2D eigenvalue weighted by Crippen LogP contribution is 2.21. The Morgan fingerprint density at radius 1 is 1.44 bits per heavy atom. The van der Waals surface area contributed by atoms with Gasteiger partial charge in [0.15, 0.2) is 0 Å². The van der Waals surface area contributed by atoms with Crippen LogP contribution in [0.15, 0.2) is 24.3 Å². The lowest BCUT2D eigenvalue weighted by atomic mass is 10.0. The Kier molecular flexibility index (Phi) is 4.38. The SMILES string of the molecule is CC(Cc1ccc(F)cc1)N1CCCC(Br)C1=O. The molecule has 1 saturated heterocycles. The lowest BCUT2D eigenvalue weighted by Crippen LogP contribution is -2.47. The average Bonchev–Trinajstić information content (AvgIpc) is 2.35. The first kappa shape index (κ1) is 13.5. The number of alkyl halides is 1. The maximum atomic E-state index is 12.8. The predicted octanol–water partition coefficient (Wildman–Crippen LogP) is 3.14. The van der Waals surface area contributed by atoms with Crippen molar-refractivity contribution in [2.24, 2.45) is 0 Å². The van der Waals surface area contributed by atoms with Crippen molar-refractivity contribution < 1.29 is 9.18 Å². The quantitative estimate of drug-likeness (QED) is 0.785. The zero-order chi connectivity index (χ0) is 13.1. The molecule has 1 aliphatic heterocycles. The van der Waals surface area contributed by atoms with Crippen LogP contribution >= 0.6 is 15.9 Å². The van der Waals surface area contributed by atoms with Gasteiger partial charge in [-0.15, -0.1) is 0 Å². The Hall–Kier alpha value is -0.900. The van der Waals surface area contributed by atoms with Crippen molar-refractivity contribution in [2.45, 2.75) is 37.1 Å². The predicted molar refractivity (Wildman–Crippen MR) is 73.2 cm³/mol. The molecule has 2 atom stereocenters. The summed E-state index contributed by atoms with van der Waals surface area (Å²) < 4.78 is 12.8. The molecule has 0 spiro atoms. The summed E-state index contributed by atoms with van der Waals surface area (Å²) in [4.78, 5) is 13.9. The molecular weight excluding hydrogens is 297 g/mol. The van der Waals surface area contributed by atoms with Crippen LogP contribution in [-0.4, -0.2) is 28.2 Å². The van der Waals surface area contributed by atoms with Gasteiger partial charge in [-0.3, -0.25) is 4.79 Å². The standard InChI is InChI=1S/C14H17BrFNO/c1-10(9-11-4-6-12(16)7-5-11)17-8-2-3-13(15)14(17)18/h4-7,10,13H,2-3,8-9H2,1H3. The number of halogens is 2. The van der Waals surface area contributed by atoms with Crippen molar-refractivity contribution in [1.29, 1.82) is 0 Å². The van der Waals surface area contributed by atoms with Gasteiger partial charge >= 0.3 is 0 Å². The fourth-order valence-electron chi connectivity index (χ4n) is 2.36. The normalized spacial score (nSPS) is 22.1. The molecule has 0 radical (unpaired) electrons. The minimum Gasteiger partial charge on any atom is -0.339 e. The topological polar surface area (TPSA) is 20.3 Å². The van der Waals surface area contributed by atoms with Gasteiger partial charge in [0.2, 0.25) is 5.91 Å². The molecule has 0 bridgehead atoms. The number of hydrogen-bond acceptors (Lipinski definition) is 1. The molecule has 1 aromatic carbocycles. The number of nitrogens with zero attached hydrogens (tertiary/aromatic N) is 1. The average molecular weight is 314 g/mol. The number of rotatable bonds is 3. The first-order valence-corrected chi connectivity index (χ1v) is 7.18. The molecule has 2 rings (SSSR count). The van der Waals surface area contributed by atoms with Crippen molar-refractivity contribution >= 4 is 21.8 Å². The molecule has 98 valence electrons. The molecule has 1 aliphatic rings. The number of piperidine rings is 1. The molecule has 1 fully saturated rings. The van der Waals surface area contributed by atoms with E-state index in [-0.39, 0.29) is 22.6 Å². The molecule has 0 aromatic heterocycles. The van der Waals surface area contributed by atoms with Gasteiger partial charge in [0.1, 0.15) is 5.82 Å². The Morgan fingerprint density at radius 3 is 2.78 bits per heavy atom. The molecule has 18 heavy (non-hydrogen) atoms. The smallest absolute Gasteiger partial charge is 0.236 e. The largest absolute Gasteiger partial charge is 0.339 e. The first-order chi connectivity index (χ1) is 8.58. The summed E-state index contributed by atoms with van der Waals surface area (Å²) >= 11 is 3.42. The lowest BCUT2D eigenvalue weighted by molar-refractivity contribution is -0.134. The zero-order valence-electron chi connectivity index (χ0n) is 10.4. The lowest BCUT2D eigenvalue weighted by Gasteiger charge is -2.35. The number of carbonyl (C=O) groups is 1. The number of hydrogen-bond donors (Lipinski definition) is 0. The van der Waals surface area contributed by atoms with Crippen LogP contribution < -0.4 is 0 Å². The van der Waals surface area contributed by atoms with Crippen LogP contribution in [0.5, 0.6) is 0 Å². The summed E-state index contributed by atoms with van der Waals surface area (Å²) in [5, 5.41) is 0. The fourth-order valence-corrected chi connectivity index (χ4v) is 2.95. The highest BCUT2D eigenvalue weighted by atomic mass is 79.9. The van der Waals surface area contributed by atoms with Gasteiger partial charge < -0.3 is 4.90 Å². The maximum Gasteiger partial charge on any atom is 0.236 e. The van der Waals surface area contributed by atoms with Gasteiger partial charge in [-0.05, 0) is 43.9 Å². The molecule has 0 aliphatic carbocycles.